The van der Waals surface area contributed by atoms with E-state index in [-0.39, 0.29) is 40.4 Å². The fraction of sp³-hybridized carbons (Fsp3) is 0.231. The number of carbonyl (C=O) groups is 2. The number of para-hydroxylation sites is 1. The van der Waals surface area contributed by atoms with Crippen molar-refractivity contribution in [2.45, 2.75) is 26.7 Å². The third kappa shape index (κ3) is 5.13. The van der Waals surface area contributed by atoms with Crippen LogP contribution in [0, 0.1) is 5.82 Å². The van der Waals surface area contributed by atoms with Gasteiger partial charge in [-0.1, -0.05) is 38.1 Å². The Morgan fingerprint density at radius 2 is 1.86 bits per heavy atom. The summed E-state index contributed by atoms with van der Waals surface area (Å²) in [6.45, 7) is 5.59. The van der Waals surface area contributed by atoms with Crippen LogP contribution in [0.25, 0.3) is 16.5 Å². The van der Waals surface area contributed by atoms with Crippen molar-refractivity contribution in [1.29, 1.82) is 0 Å². The first kappa shape index (κ1) is 25.1. The molecule has 0 aliphatic carbocycles. The van der Waals surface area contributed by atoms with Gasteiger partial charge in [0.05, 0.1) is 12.0 Å². The van der Waals surface area contributed by atoms with Gasteiger partial charge in [-0.05, 0) is 42.7 Å². The van der Waals surface area contributed by atoms with Crippen LogP contribution in [0.2, 0.25) is 0 Å². The Balaban J connectivity index is 1.66. The molecule has 0 unspecified atom stereocenters. The van der Waals surface area contributed by atoms with E-state index < -0.39 is 23.3 Å². The van der Waals surface area contributed by atoms with E-state index in [9.17, 15) is 18.8 Å². The average Bonchev–Trinajstić information content (AvgIpc) is 3.28. The normalized spacial score (nSPS) is 11.0. The Morgan fingerprint density at radius 1 is 1.14 bits per heavy atom. The molecule has 0 saturated carbocycles. The molecule has 1 amide bonds. The van der Waals surface area contributed by atoms with Crippen molar-refractivity contribution in [2.24, 2.45) is 0 Å². The highest BCUT2D eigenvalue weighted by atomic mass is 32.1. The summed E-state index contributed by atoms with van der Waals surface area (Å²) >= 11 is 1.05. The largest absolute Gasteiger partial charge is 0.484 e. The second-order valence-electron chi connectivity index (χ2n) is 8.15. The number of thiophene rings is 1. The zero-order valence-corrected chi connectivity index (χ0v) is 20.7. The van der Waals surface area contributed by atoms with Crippen molar-refractivity contribution < 1.29 is 23.5 Å². The first-order valence-electron chi connectivity index (χ1n) is 11.3. The fourth-order valence-corrected chi connectivity index (χ4v) is 4.49. The van der Waals surface area contributed by atoms with E-state index in [1.54, 1.807) is 25.1 Å². The number of ether oxygens (including phenoxy) is 2. The van der Waals surface area contributed by atoms with Crippen LogP contribution in [0.5, 0.6) is 5.75 Å². The third-order valence-corrected chi connectivity index (χ3v) is 6.27. The maximum atomic E-state index is 14.5. The Kier molecular flexibility index (Phi) is 7.44. The summed E-state index contributed by atoms with van der Waals surface area (Å²) < 4.78 is 26.0. The number of amides is 1. The monoisotopic (exact) mass is 509 g/mol. The van der Waals surface area contributed by atoms with Gasteiger partial charge in [0, 0.05) is 10.8 Å². The molecule has 0 saturated heterocycles. The molecule has 36 heavy (non-hydrogen) atoms. The van der Waals surface area contributed by atoms with Crippen molar-refractivity contribution in [3.63, 3.8) is 0 Å². The first-order valence-corrected chi connectivity index (χ1v) is 12.2. The van der Waals surface area contributed by atoms with Gasteiger partial charge in [-0.2, -0.15) is 9.78 Å². The number of aromatic nitrogens is 2. The van der Waals surface area contributed by atoms with Crippen LogP contribution in [0.3, 0.4) is 0 Å². The van der Waals surface area contributed by atoms with Crippen LogP contribution >= 0.6 is 11.3 Å². The highest BCUT2D eigenvalue weighted by Crippen LogP contribution is 2.31. The molecule has 4 aromatic rings. The zero-order chi connectivity index (χ0) is 25.8. The summed E-state index contributed by atoms with van der Waals surface area (Å²) in [5, 5.41) is 8.71. The Bertz CT molecular complexity index is 1480. The Morgan fingerprint density at radius 3 is 2.53 bits per heavy atom. The Labute approximate surface area is 210 Å². The summed E-state index contributed by atoms with van der Waals surface area (Å²) in [5.41, 5.74) is 0.165. The van der Waals surface area contributed by atoms with Crippen LogP contribution in [-0.2, 0) is 9.53 Å². The number of benzene rings is 2. The minimum Gasteiger partial charge on any atom is -0.484 e. The molecule has 2 heterocycles. The maximum Gasteiger partial charge on any atom is 0.359 e. The summed E-state index contributed by atoms with van der Waals surface area (Å²) in [7, 11) is 0. The highest BCUT2D eigenvalue weighted by molar-refractivity contribution is 7.16. The maximum absolute atomic E-state index is 14.5. The van der Waals surface area contributed by atoms with Crippen molar-refractivity contribution in [2.75, 3.05) is 18.5 Å². The van der Waals surface area contributed by atoms with Gasteiger partial charge in [0.2, 0.25) is 0 Å². The molecule has 0 atom stereocenters. The van der Waals surface area contributed by atoms with Gasteiger partial charge in [0.1, 0.15) is 22.3 Å². The minimum absolute atomic E-state index is 0.0240. The van der Waals surface area contributed by atoms with E-state index in [1.165, 1.54) is 23.6 Å². The minimum atomic E-state index is -0.767. The molecule has 0 fully saturated rings. The predicted molar refractivity (Wildman–Crippen MR) is 136 cm³/mol. The third-order valence-electron chi connectivity index (χ3n) is 5.37. The molecule has 2 aromatic heterocycles. The van der Waals surface area contributed by atoms with Gasteiger partial charge in [-0.3, -0.25) is 9.59 Å². The van der Waals surface area contributed by atoms with Crippen molar-refractivity contribution in [3.05, 3.63) is 81.3 Å². The number of carbonyl (C=O) groups excluding carboxylic acids is 2. The van der Waals surface area contributed by atoms with Crippen LogP contribution in [0.1, 0.15) is 42.7 Å². The molecule has 186 valence electrons. The zero-order valence-electron chi connectivity index (χ0n) is 19.9. The van der Waals surface area contributed by atoms with Crippen LogP contribution < -0.4 is 15.6 Å². The number of anilines is 1. The molecule has 4 rings (SSSR count). The molecule has 8 nitrogen and oxygen atoms in total. The lowest BCUT2D eigenvalue weighted by atomic mass is 10.0. The van der Waals surface area contributed by atoms with E-state index in [0.717, 1.165) is 21.6 Å². The highest BCUT2D eigenvalue weighted by Gasteiger charge is 2.24. The van der Waals surface area contributed by atoms with Crippen molar-refractivity contribution in [3.8, 4) is 11.4 Å². The van der Waals surface area contributed by atoms with E-state index in [4.69, 9.17) is 9.47 Å². The Hall–Kier alpha value is -4.05. The summed E-state index contributed by atoms with van der Waals surface area (Å²) in [4.78, 5) is 38.6. The molecular weight excluding hydrogens is 485 g/mol. The summed E-state index contributed by atoms with van der Waals surface area (Å²) in [5.74, 6) is -1.06. The first-order chi connectivity index (χ1) is 17.3. The molecule has 0 aliphatic heterocycles. The number of nitrogens with one attached hydrogen (secondary N) is 1. The van der Waals surface area contributed by atoms with Gasteiger partial charge in [0.15, 0.2) is 12.3 Å². The second-order valence-corrected chi connectivity index (χ2v) is 9.03. The number of halogens is 1. The molecular formula is C26H24FN3O5S. The van der Waals surface area contributed by atoms with Crippen LogP contribution in [0.4, 0.5) is 9.39 Å². The number of nitrogens with zero attached hydrogens (tertiary/aromatic N) is 2. The van der Waals surface area contributed by atoms with Gasteiger partial charge in [-0.15, -0.1) is 11.3 Å². The molecule has 2 aromatic carbocycles. The SMILES string of the molecule is CCOC(=O)c1nn(-c2ccccc2F)c(=O)c2c(NC(=O)COc3ccc(C(C)C)cc3)scc12. The lowest BCUT2D eigenvalue weighted by Crippen LogP contribution is -2.27. The molecule has 1 N–H and O–H groups in total. The van der Waals surface area contributed by atoms with Gasteiger partial charge < -0.3 is 14.8 Å². The number of esters is 1. The summed E-state index contributed by atoms with van der Waals surface area (Å²) in [6, 6.07) is 13.0. The molecule has 0 spiro atoms. The quantitative estimate of drug-likeness (QED) is 0.339. The molecule has 0 aliphatic rings. The van der Waals surface area contributed by atoms with Crippen molar-refractivity contribution in [1.82, 2.24) is 9.78 Å². The second kappa shape index (κ2) is 10.7. The van der Waals surface area contributed by atoms with E-state index in [1.807, 2.05) is 12.1 Å². The topological polar surface area (TPSA) is 99.5 Å². The van der Waals surface area contributed by atoms with Gasteiger partial charge >= 0.3 is 5.97 Å². The average molecular weight is 510 g/mol. The summed E-state index contributed by atoms with van der Waals surface area (Å²) in [6.07, 6.45) is 0. The number of rotatable bonds is 8. The smallest absolute Gasteiger partial charge is 0.359 e. The van der Waals surface area contributed by atoms with Crippen LogP contribution in [0.15, 0.2) is 58.7 Å². The fourth-order valence-electron chi connectivity index (χ4n) is 3.54. The van der Waals surface area contributed by atoms with Gasteiger partial charge in [-0.25, -0.2) is 9.18 Å². The lowest BCUT2D eigenvalue weighted by molar-refractivity contribution is -0.118. The van der Waals surface area contributed by atoms with Crippen LogP contribution in [-0.4, -0.2) is 34.9 Å². The standard InChI is InChI=1S/C26H24FN3O5S/c1-4-34-26(33)23-18-14-36-24(22(18)25(32)30(29-23)20-8-6-5-7-19(20)27)28-21(31)13-35-17-11-9-16(10-12-17)15(2)3/h5-12,14-15H,4,13H2,1-3H3,(H,28,31). The van der Waals surface area contributed by atoms with E-state index in [0.29, 0.717) is 11.7 Å². The molecule has 10 heteroatoms. The molecule has 0 bridgehead atoms. The molecule has 0 radical (unpaired) electrons. The van der Waals surface area contributed by atoms with E-state index in [2.05, 4.69) is 24.3 Å². The van der Waals surface area contributed by atoms with E-state index >= 15 is 0 Å². The number of hydrogen-bond donors (Lipinski definition) is 1. The lowest BCUT2D eigenvalue weighted by Gasteiger charge is -2.11. The predicted octanol–water partition coefficient (Wildman–Crippen LogP) is 4.90. The van der Waals surface area contributed by atoms with Gasteiger partial charge in [0.25, 0.3) is 11.5 Å². The number of fused-ring (bicyclic) bond motifs is 1. The van der Waals surface area contributed by atoms with Crippen molar-refractivity contribution >= 4 is 39.0 Å². The number of hydrogen-bond acceptors (Lipinski definition) is 7.